The molecule has 1 atom stereocenters. The third-order valence-corrected chi connectivity index (χ3v) is 6.32. The van der Waals surface area contributed by atoms with Crippen LogP contribution in [0.1, 0.15) is 27.0 Å². The van der Waals surface area contributed by atoms with E-state index < -0.39 is 11.7 Å². The number of amides is 1. The van der Waals surface area contributed by atoms with Crippen molar-refractivity contribution in [3.63, 3.8) is 0 Å². The van der Waals surface area contributed by atoms with E-state index in [2.05, 4.69) is 15.9 Å². The molecule has 0 aromatic heterocycles. The monoisotopic (exact) mass is 533 g/mol. The number of ether oxygens (including phenoxy) is 2. The first-order valence-corrected chi connectivity index (χ1v) is 11.2. The van der Waals surface area contributed by atoms with Gasteiger partial charge in [-0.1, -0.05) is 69.5 Å². The Kier molecular flexibility index (Phi) is 6.58. The zero-order chi connectivity index (χ0) is 22.9. The van der Waals surface area contributed by atoms with Gasteiger partial charge >= 0.3 is 5.97 Å². The molecule has 0 radical (unpaired) electrons. The summed E-state index contributed by atoms with van der Waals surface area (Å²) in [4.78, 5) is 27.3. The molecule has 164 valence electrons. The minimum Gasteiger partial charge on any atom is -0.467 e. The van der Waals surface area contributed by atoms with Gasteiger partial charge in [0, 0.05) is 37.8 Å². The molecule has 3 aromatic rings. The van der Waals surface area contributed by atoms with Gasteiger partial charge < -0.3 is 9.47 Å². The summed E-state index contributed by atoms with van der Waals surface area (Å²) in [7, 11) is 1.29. The highest BCUT2D eigenvalue weighted by Crippen LogP contribution is 2.47. The smallest absolute Gasteiger partial charge is 0.331 e. The number of nitrogens with zero attached hydrogens (tertiary/aromatic N) is 1. The summed E-state index contributed by atoms with van der Waals surface area (Å²) < 4.78 is 11.8. The Morgan fingerprint density at radius 1 is 1.00 bits per heavy atom. The van der Waals surface area contributed by atoms with E-state index in [0.29, 0.717) is 26.7 Å². The molecule has 1 aliphatic heterocycles. The topological polar surface area (TPSA) is 55.8 Å². The number of carbonyl (C=O) groups excluding carboxylic acids is 2. The molecular formula is C24H18BrCl2NO4. The first-order valence-electron chi connectivity index (χ1n) is 9.68. The van der Waals surface area contributed by atoms with E-state index in [1.165, 1.54) is 7.11 Å². The lowest BCUT2D eigenvalue weighted by Crippen LogP contribution is -2.47. The van der Waals surface area contributed by atoms with Gasteiger partial charge in [-0.25, -0.2) is 4.79 Å². The number of carbonyl (C=O) groups is 2. The van der Waals surface area contributed by atoms with Gasteiger partial charge in [0.15, 0.2) is 5.72 Å². The van der Waals surface area contributed by atoms with Crippen molar-refractivity contribution in [3.8, 4) is 0 Å². The van der Waals surface area contributed by atoms with Crippen molar-refractivity contribution < 1.29 is 19.1 Å². The van der Waals surface area contributed by atoms with E-state index in [1.54, 1.807) is 47.4 Å². The van der Waals surface area contributed by atoms with Gasteiger partial charge in [0.1, 0.15) is 6.61 Å². The Morgan fingerprint density at radius 3 is 2.25 bits per heavy atom. The van der Waals surface area contributed by atoms with E-state index in [0.717, 1.165) is 10.0 Å². The van der Waals surface area contributed by atoms with Crippen LogP contribution < -0.4 is 0 Å². The molecule has 1 aliphatic rings. The Morgan fingerprint density at radius 2 is 1.62 bits per heavy atom. The van der Waals surface area contributed by atoms with E-state index in [9.17, 15) is 9.59 Å². The van der Waals surface area contributed by atoms with E-state index in [-0.39, 0.29) is 19.1 Å². The summed E-state index contributed by atoms with van der Waals surface area (Å²) in [5.74, 6) is -0.779. The molecule has 0 aliphatic carbocycles. The lowest BCUT2D eigenvalue weighted by molar-refractivity contribution is -0.162. The molecule has 0 saturated heterocycles. The fourth-order valence-electron chi connectivity index (χ4n) is 3.83. The van der Waals surface area contributed by atoms with Crippen molar-refractivity contribution in [2.45, 2.75) is 12.3 Å². The van der Waals surface area contributed by atoms with E-state index in [4.69, 9.17) is 32.7 Å². The number of methoxy groups -OCH3 is 1. The SMILES string of the molecule is COC(=O)COC1(c2ccc(Cl)cc2)c2ccc(Br)cc2C(=O)N1Cc1ccc(Cl)cc1. The van der Waals surface area contributed by atoms with Crippen molar-refractivity contribution >= 4 is 51.0 Å². The summed E-state index contributed by atoms with van der Waals surface area (Å²) >= 11 is 15.6. The molecule has 32 heavy (non-hydrogen) atoms. The largest absolute Gasteiger partial charge is 0.467 e. The van der Waals surface area contributed by atoms with Gasteiger partial charge in [0.25, 0.3) is 5.91 Å². The third-order valence-electron chi connectivity index (χ3n) is 5.32. The maximum absolute atomic E-state index is 13.6. The van der Waals surface area contributed by atoms with Crippen molar-refractivity contribution in [2.75, 3.05) is 13.7 Å². The van der Waals surface area contributed by atoms with Crippen LogP contribution in [0.15, 0.2) is 71.2 Å². The number of esters is 1. The van der Waals surface area contributed by atoms with Crippen LogP contribution in [0.4, 0.5) is 0 Å². The molecule has 0 N–H and O–H groups in total. The fraction of sp³-hybridized carbons (Fsp3) is 0.167. The minimum absolute atomic E-state index is 0.226. The molecule has 5 nitrogen and oxygen atoms in total. The normalized spacial score (nSPS) is 17.4. The second-order valence-corrected chi connectivity index (χ2v) is 9.01. The fourth-order valence-corrected chi connectivity index (χ4v) is 4.44. The predicted molar refractivity (Wildman–Crippen MR) is 126 cm³/mol. The van der Waals surface area contributed by atoms with Crippen LogP contribution in [0.25, 0.3) is 0 Å². The molecule has 0 spiro atoms. The Labute approximate surface area is 204 Å². The summed E-state index contributed by atoms with van der Waals surface area (Å²) in [6.07, 6.45) is 0. The van der Waals surface area contributed by atoms with Gasteiger partial charge in [-0.2, -0.15) is 0 Å². The van der Waals surface area contributed by atoms with E-state index in [1.807, 2.05) is 24.3 Å². The number of hydrogen-bond donors (Lipinski definition) is 0. The lowest BCUT2D eigenvalue weighted by Gasteiger charge is -2.39. The van der Waals surface area contributed by atoms with Crippen LogP contribution in [0.3, 0.4) is 0 Å². The number of hydrogen-bond acceptors (Lipinski definition) is 4. The molecule has 1 unspecified atom stereocenters. The average Bonchev–Trinajstić information content (AvgIpc) is 3.02. The standard InChI is InChI=1S/C24H18BrCl2NO4/c1-31-22(29)14-32-24(16-4-9-19(27)10-5-16)21-11-6-17(25)12-20(21)23(30)28(24)13-15-2-7-18(26)8-3-15/h2-12H,13-14H2,1H3. The molecule has 0 saturated carbocycles. The van der Waals surface area contributed by atoms with Crippen LogP contribution in [0.5, 0.6) is 0 Å². The van der Waals surface area contributed by atoms with Crippen molar-refractivity contribution in [3.05, 3.63) is 104 Å². The van der Waals surface area contributed by atoms with Gasteiger partial charge in [-0.3, -0.25) is 9.69 Å². The van der Waals surface area contributed by atoms with E-state index >= 15 is 0 Å². The summed E-state index contributed by atoms with van der Waals surface area (Å²) in [5.41, 5.74) is 1.27. The van der Waals surface area contributed by atoms with Gasteiger partial charge in [0.05, 0.1) is 7.11 Å². The van der Waals surface area contributed by atoms with Gasteiger partial charge in [-0.05, 0) is 42.0 Å². The summed E-state index contributed by atoms with van der Waals surface area (Å²) in [6, 6.07) is 19.7. The van der Waals surface area contributed by atoms with Crippen LogP contribution in [0, 0.1) is 0 Å². The van der Waals surface area contributed by atoms with Crippen molar-refractivity contribution in [1.82, 2.24) is 4.90 Å². The number of rotatable bonds is 6. The highest BCUT2D eigenvalue weighted by Gasteiger charge is 2.52. The molecule has 1 heterocycles. The van der Waals surface area contributed by atoms with Crippen molar-refractivity contribution in [2.24, 2.45) is 0 Å². The molecule has 0 fully saturated rings. The lowest BCUT2D eigenvalue weighted by atomic mass is 9.93. The number of fused-ring (bicyclic) bond motifs is 1. The number of benzene rings is 3. The highest BCUT2D eigenvalue weighted by molar-refractivity contribution is 9.10. The van der Waals surface area contributed by atoms with Crippen LogP contribution in [-0.2, 0) is 26.5 Å². The summed E-state index contributed by atoms with van der Waals surface area (Å²) in [5, 5.41) is 1.14. The quantitative estimate of drug-likeness (QED) is 0.375. The molecule has 0 bridgehead atoms. The van der Waals surface area contributed by atoms with Crippen LogP contribution in [-0.4, -0.2) is 30.5 Å². The first-order chi connectivity index (χ1) is 15.3. The first kappa shape index (κ1) is 22.8. The Balaban J connectivity index is 1.91. The maximum Gasteiger partial charge on any atom is 0.331 e. The second kappa shape index (κ2) is 9.24. The minimum atomic E-state index is -1.36. The molecule has 8 heteroatoms. The molecular weight excluding hydrogens is 517 g/mol. The molecule has 4 rings (SSSR count). The Bertz CT molecular complexity index is 1170. The van der Waals surface area contributed by atoms with Crippen molar-refractivity contribution in [1.29, 1.82) is 0 Å². The average molecular weight is 535 g/mol. The number of halogens is 3. The van der Waals surface area contributed by atoms with Crippen LogP contribution >= 0.6 is 39.1 Å². The highest BCUT2D eigenvalue weighted by atomic mass is 79.9. The Hall–Kier alpha value is -2.38. The zero-order valence-corrected chi connectivity index (χ0v) is 20.1. The third kappa shape index (κ3) is 4.16. The van der Waals surface area contributed by atoms with Crippen LogP contribution in [0.2, 0.25) is 10.0 Å². The predicted octanol–water partition coefficient (Wildman–Crippen LogP) is 5.80. The molecule has 1 amide bonds. The second-order valence-electron chi connectivity index (χ2n) is 7.22. The zero-order valence-electron chi connectivity index (χ0n) is 17.0. The van der Waals surface area contributed by atoms with Gasteiger partial charge in [0.2, 0.25) is 0 Å². The summed E-state index contributed by atoms with van der Waals surface area (Å²) in [6.45, 7) is -0.120. The molecule has 3 aromatic carbocycles. The van der Waals surface area contributed by atoms with Gasteiger partial charge in [-0.15, -0.1) is 0 Å². The maximum atomic E-state index is 13.6.